The second-order valence-electron chi connectivity index (χ2n) is 9.35. The van der Waals surface area contributed by atoms with Crippen molar-refractivity contribution in [3.05, 3.63) is 72.1 Å². The molecule has 1 saturated heterocycles. The number of hydrogen-bond acceptors (Lipinski definition) is 6. The number of carbonyl (C=O) groups is 1. The molecular weight excluding hydrogens is 533 g/mol. The molecule has 4 aromatic rings. The Morgan fingerprint density at radius 2 is 1.69 bits per heavy atom. The fraction of sp³-hybridized carbons (Fsp3) is 0.269. The number of carbonyl (C=O) groups excluding carboxylic acids is 1. The molecule has 39 heavy (non-hydrogen) atoms. The average Bonchev–Trinajstić information content (AvgIpc) is 3.25. The third kappa shape index (κ3) is 5.32. The number of primary amides is 1. The third-order valence-electron chi connectivity index (χ3n) is 6.81. The van der Waals surface area contributed by atoms with E-state index in [9.17, 15) is 26.4 Å². The summed E-state index contributed by atoms with van der Waals surface area (Å²) in [4.78, 5) is 15.8. The fourth-order valence-electron chi connectivity index (χ4n) is 4.69. The number of piperidine rings is 1. The number of aryl methyl sites for hydroxylation is 1. The lowest BCUT2D eigenvalue weighted by atomic mass is 10.0. The number of amides is 1. The minimum absolute atomic E-state index is 0.115. The lowest BCUT2D eigenvalue weighted by molar-refractivity contribution is -0.137. The molecule has 5 rings (SSSR count). The van der Waals surface area contributed by atoms with Crippen LogP contribution in [0, 0.1) is 0 Å². The Hall–Kier alpha value is -3.97. The van der Waals surface area contributed by atoms with Gasteiger partial charge in [-0.2, -0.15) is 22.6 Å². The summed E-state index contributed by atoms with van der Waals surface area (Å²) in [6.45, 7) is 0.520. The molecule has 1 fully saturated rings. The molecule has 9 nitrogen and oxygen atoms in total. The number of hydrogen-bond donors (Lipinski definition) is 2. The summed E-state index contributed by atoms with van der Waals surface area (Å²) in [6, 6.07) is 14.1. The first-order valence-corrected chi connectivity index (χ1v) is 13.5. The molecule has 0 bridgehead atoms. The van der Waals surface area contributed by atoms with Gasteiger partial charge in [-0.05, 0) is 60.4 Å². The molecule has 0 atom stereocenters. The smallest absolute Gasteiger partial charge is 0.367 e. The predicted molar refractivity (Wildman–Crippen MR) is 139 cm³/mol. The molecule has 0 unspecified atom stereocenters. The van der Waals surface area contributed by atoms with Crippen molar-refractivity contribution in [2.45, 2.75) is 30.0 Å². The molecule has 3 heterocycles. The zero-order valence-corrected chi connectivity index (χ0v) is 21.6. The van der Waals surface area contributed by atoms with Gasteiger partial charge < -0.3 is 11.1 Å². The van der Waals surface area contributed by atoms with Crippen molar-refractivity contribution < 1.29 is 26.4 Å². The molecule has 0 saturated carbocycles. The molecule has 2 aromatic carbocycles. The van der Waals surface area contributed by atoms with Crippen LogP contribution in [0.4, 0.5) is 19.0 Å². The molecule has 1 amide bonds. The van der Waals surface area contributed by atoms with Gasteiger partial charge in [-0.25, -0.2) is 13.4 Å². The van der Waals surface area contributed by atoms with Gasteiger partial charge in [-0.3, -0.25) is 9.48 Å². The van der Waals surface area contributed by atoms with Crippen molar-refractivity contribution >= 4 is 32.7 Å². The van der Waals surface area contributed by atoms with Crippen LogP contribution in [0.5, 0.6) is 0 Å². The number of aromatic nitrogens is 3. The van der Waals surface area contributed by atoms with E-state index in [4.69, 9.17) is 5.73 Å². The quantitative estimate of drug-likeness (QED) is 0.369. The van der Waals surface area contributed by atoms with Gasteiger partial charge in [0.25, 0.3) is 5.91 Å². The van der Waals surface area contributed by atoms with Gasteiger partial charge in [0, 0.05) is 37.8 Å². The minimum Gasteiger partial charge on any atom is -0.367 e. The van der Waals surface area contributed by atoms with E-state index >= 15 is 0 Å². The lowest BCUT2D eigenvalue weighted by Crippen LogP contribution is -2.42. The standard InChI is InChI=1S/C26H25F3N6O3S/c1-34-22-8-4-17(14-21(22)24(33-34)25(30)36)16-2-6-20(7-3-16)39(37,38)35-12-10-19(11-13-35)32-23-9-5-18(15-31-23)26(27,28)29/h2-9,14-15,19H,10-13H2,1H3,(H2,30,36)(H,31,32). The summed E-state index contributed by atoms with van der Waals surface area (Å²) in [5.41, 5.74) is 7.10. The highest BCUT2D eigenvalue weighted by molar-refractivity contribution is 7.89. The number of rotatable bonds is 6. The molecule has 0 spiro atoms. The second-order valence-corrected chi connectivity index (χ2v) is 11.3. The van der Waals surface area contributed by atoms with Crippen molar-refractivity contribution in [3.8, 4) is 11.1 Å². The maximum atomic E-state index is 13.3. The molecule has 3 N–H and O–H groups in total. The zero-order chi connectivity index (χ0) is 27.9. The van der Waals surface area contributed by atoms with E-state index < -0.39 is 27.7 Å². The van der Waals surface area contributed by atoms with E-state index in [1.165, 1.54) is 10.4 Å². The number of sulfonamides is 1. The lowest BCUT2D eigenvalue weighted by Gasteiger charge is -2.32. The normalized spacial score (nSPS) is 15.5. The Labute approximate surface area is 222 Å². The number of nitrogens with one attached hydrogen (secondary N) is 1. The van der Waals surface area contributed by atoms with E-state index in [1.54, 1.807) is 42.1 Å². The van der Waals surface area contributed by atoms with Crippen LogP contribution in [0.25, 0.3) is 22.0 Å². The number of alkyl halides is 3. The number of fused-ring (bicyclic) bond motifs is 1. The number of benzene rings is 2. The van der Waals surface area contributed by atoms with Crippen molar-refractivity contribution in [2.75, 3.05) is 18.4 Å². The molecule has 204 valence electrons. The SMILES string of the molecule is Cn1nc(C(N)=O)c2cc(-c3ccc(S(=O)(=O)N4CCC(Nc5ccc(C(F)(F)F)cn5)CC4)cc3)ccc21. The van der Waals surface area contributed by atoms with Gasteiger partial charge in [0.05, 0.1) is 16.0 Å². The molecule has 2 aromatic heterocycles. The van der Waals surface area contributed by atoms with E-state index in [1.807, 2.05) is 12.1 Å². The van der Waals surface area contributed by atoms with Crippen molar-refractivity contribution in [3.63, 3.8) is 0 Å². The molecular formula is C26H25F3N6O3S. The Morgan fingerprint density at radius 3 is 2.28 bits per heavy atom. The Morgan fingerprint density at radius 1 is 1.03 bits per heavy atom. The first kappa shape index (κ1) is 26.6. The van der Waals surface area contributed by atoms with E-state index in [0.29, 0.717) is 24.0 Å². The maximum absolute atomic E-state index is 13.3. The van der Waals surface area contributed by atoms with Gasteiger partial charge in [-0.15, -0.1) is 0 Å². The Kier molecular flexibility index (Phi) is 6.81. The molecule has 0 radical (unpaired) electrons. The van der Waals surface area contributed by atoms with E-state index in [-0.39, 0.29) is 29.7 Å². The topological polar surface area (TPSA) is 123 Å². The Balaban J connectivity index is 1.25. The monoisotopic (exact) mass is 558 g/mol. The first-order valence-electron chi connectivity index (χ1n) is 12.1. The van der Waals surface area contributed by atoms with Crippen molar-refractivity contribution in [1.29, 1.82) is 0 Å². The summed E-state index contributed by atoms with van der Waals surface area (Å²) in [5, 5.41) is 7.87. The van der Waals surface area contributed by atoms with Crippen LogP contribution in [-0.2, 0) is 23.2 Å². The molecule has 1 aliphatic heterocycles. The van der Waals surface area contributed by atoms with Gasteiger partial charge in [-0.1, -0.05) is 18.2 Å². The highest BCUT2D eigenvalue weighted by Gasteiger charge is 2.32. The summed E-state index contributed by atoms with van der Waals surface area (Å²) >= 11 is 0. The minimum atomic E-state index is -4.45. The number of pyridine rings is 1. The maximum Gasteiger partial charge on any atom is 0.417 e. The summed E-state index contributed by atoms with van der Waals surface area (Å²) in [7, 11) is -2.02. The van der Waals surface area contributed by atoms with Gasteiger partial charge >= 0.3 is 6.18 Å². The van der Waals surface area contributed by atoms with E-state index in [0.717, 1.165) is 28.9 Å². The van der Waals surface area contributed by atoms with Crippen LogP contribution in [0.2, 0.25) is 0 Å². The van der Waals surface area contributed by atoms with Crippen LogP contribution in [-0.4, -0.2) is 52.5 Å². The summed E-state index contributed by atoms with van der Waals surface area (Å²) in [5.74, 6) is -0.318. The van der Waals surface area contributed by atoms with Gasteiger partial charge in [0.2, 0.25) is 10.0 Å². The second kappa shape index (κ2) is 9.97. The van der Waals surface area contributed by atoms with Crippen LogP contribution in [0.3, 0.4) is 0 Å². The number of halogens is 3. The van der Waals surface area contributed by atoms with Crippen LogP contribution < -0.4 is 11.1 Å². The summed E-state index contributed by atoms with van der Waals surface area (Å²) in [6.07, 6.45) is -2.72. The van der Waals surface area contributed by atoms with Crippen LogP contribution in [0.1, 0.15) is 28.9 Å². The first-order chi connectivity index (χ1) is 18.4. The van der Waals surface area contributed by atoms with Crippen molar-refractivity contribution in [2.24, 2.45) is 12.8 Å². The van der Waals surface area contributed by atoms with E-state index in [2.05, 4.69) is 15.4 Å². The molecule has 1 aliphatic rings. The zero-order valence-electron chi connectivity index (χ0n) is 20.8. The van der Waals surface area contributed by atoms with Crippen LogP contribution in [0.15, 0.2) is 65.7 Å². The number of nitrogens with two attached hydrogens (primary N) is 1. The number of anilines is 1. The van der Waals surface area contributed by atoms with Crippen molar-refractivity contribution in [1.82, 2.24) is 19.1 Å². The Bertz CT molecular complexity index is 1630. The third-order valence-corrected chi connectivity index (χ3v) is 8.72. The highest BCUT2D eigenvalue weighted by Crippen LogP contribution is 2.30. The molecule has 0 aliphatic carbocycles. The highest BCUT2D eigenvalue weighted by atomic mass is 32.2. The predicted octanol–water partition coefficient (Wildman–Crippen LogP) is 4.02. The number of nitrogens with zero attached hydrogens (tertiary/aromatic N) is 4. The summed E-state index contributed by atoms with van der Waals surface area (Å²) < 4.78 is 67.7. The van der Waals surface area contributed by atoms with Gasteiger partial charge in [0.1, 0.15) is 5.82 Å². The molecule has 13 heteroatoms. The fourth-order valence-corrected chi connectivity index (χ4v) is 6.16. The average molecular weight is 559 g/mol. The van der Waals surface area contributed by atoms with Gasteiger partial charge in [0.15, 0.2) is 5.69 Å². The van der Waals surface area contributed by atoms with Crippen LogP contribution >= 0.6 is 0 Å². The largest absolute Gasteiger partial charge is 0.417 e.